The Labute approximate surface area is 198 Å². The predicted octanol–water partition coefficient (Wildman–Crippen LogP) is 3.06. The van der Waals surface area contributed by atoms with Crippen molar-refractivity contribution in [3.8, 4) is 5.75 Å². The van der Waals surface area contributed by atoms with Crippen molar-refractivity contribution in [3.63, 3.8) is 0 Å². The van der Waals surface area contributed by atoms with E-state index in [0.717, 1.165) is 70.6 Å². The minimum Gasteiger partial charge on any atom is -0.493 e. The van der Waals surface area contributed by atoms with Crippen LogP contribution in [0.3, 0.4) is 0 Å². The number of nitrogens with two attached hydrogens (primary N) is 1. The van der Waals surface area contributed by atoms with Crippen molar-refractivity contribution in [3.05, 3.63) is 48.2 Å². The predicted molar refractivity (Wildman–Crippen MR) is 132 cm³/mol. The summed E-state index contributed by atoms with van der Waals surface area (Å²) in [6, 6.07) is 8.46. The van der Waals surface area contributed by atoms with Crippen LogP contribution in [0.25, 0.3) is 5.57 Å². The van der Waals surface area contributed by atoms with Gasteiger partial charge in [-0.1, -0.05) is 31.2 Å². The van der Waals surface area contributed by atoms with Crippen molar-refractivity contribution in [2.45, 2.75) is 51.7 Å². The van der Waals surface area contributed by atoms with Gasteiger partial charge in [0.25, 0.3) is 0 Å². The zero-order valence-corrected chi connectivity index (χ0v) is 19.8. The first kappa shape index (κ1) is 24.0. The van der Waals surface area contributed by atoms with Crippen LogP contribution in [0.5, 0.6) is 5.75 Å². The molecule has 0 aromatic heterocycles. The van der Waals surface area contributed by atoms with E-state index in [0.29, 0.717) is 18.2 Å². The maximum Gasteiger partial charge on any atom is 0.151 e. The van der Waals surface area contributed by atoms with E-state index in [4.69, 9.17) is 10.5 Å². The number of Topliss-reactive ketones (excluding diaryl/α,β-unsaturated/α-hetero) is 1. The van der Waals surface area contributed by atoms with Crippen molar-refractivity contribution < 1.29 is 9.53 Å². The van der Waals surface area contributed by atoms with Crippen LogP contribution in [0, 0.1) is 11.8 Å². The van der Waals surface area contributed by atoms with Gasteiger partial charge >= 0.3 is 0 Å². The van der Waals surface area contributed by atoms with Crippen LogP contribution in [0.15, 0.2) is 42.6 Å². The fourth-order valence-electron chi connectivity index (χ4n) is 4.63. The summed E-state index contributed by atoms with van der Waals surface area (Å²) in [4.78, 5) is 14.6. The van der Waals surface area contributed by atoms with Gasteiger partial charge in [0.1, 0.15) is 12.0 Å². The minimum atomic E-state index is -0.113. The lowest BCUT2D eigenvalue weighted by atomic mass is 9.84. The second kappa shape index (κ2) is 11.8. The van der Waals surface area contributed by atoms with E-state index < -0.39 is 0 Å². The Morgan fingerprint density at radius 1 is 1.27 bits per heavy atom. The van der Waals surface area contributed by atoms with E-state index in [2.05, 4.69) is 59.0 Å². The molecule has 2 heterocycles. The molecule has 0 amide bonds. The zero-order chi connectivity index (χ0) is 23.0. The first-order valence-electron chi connectivity index (χ1n) is 12.5. The lowest BCUT2D eigenvalue weighted by molar-refractivity contribution is -0.123. The number of hydrogen-bond donors (Lipinski definition) is 3. The van der Waals surface area contributed by atoms with Crippen molar-refractivity contribution in [2.75, 3.05) is 32.9 Å². The second-order valence-electron chi connectivity index (χ2n) is 9.42. The summed E-state index contributed by atoms with van der Waals surface area (Å²) in [6.07, 6.45) is 12.2. The number of nitrogens with one attached hydrogen (secondary N) is 2. The number of allylic oxidation sites excluding steroid dienone is 3. The van der Waals surface area contributed by atoms with Crippen LogP contribution in [0.2, 0.25) is 0 Å². The van der Waals surface area contributed by atoms with Crippen LogP contribution in [-0.2, 0) is 4.79 Å². The van der Waals surface area contributed by atoms with E-state index in [1.807, 2.05) is 11.2 Å². The summed E-state index contributed by atoms with van der Waals surface area (Å²) in [5.74, 6) is 2.02. The highest BCUT2D eigenvalue weighted by Crippen LogP contribution is 2.32. The molecular weight excluding hydrogens is 414 g/mol. The Bertz CT molecular complexity index is 826. The number of carbonyl (C=O) groups is 1. The normalized spacial score (nSPS) is 25.0. The quantitative estimate of drug-likeness (QED) is 0.350. The number of ketones is 1. The van der Waals surface area contributed by atoms with Crippen LogP contribution in [-0.4, -0.2) is 54.9 Å². The van der Waals surface area contributed by atoms with Gasteiger partial charge < -0.3 is 10.1 Å². The SMILES string of the molecule is CC/C=C/NC(N)N1CCC(COc2ccc(C3=CCC(C(=O)CN4CN4)CC3)cc2)CC1. The molecule has 4 rings (SSSR count). The molecule has 1 aromatic rings. The fraction of sp³-hybridized carbons (Fsp3) is 0.577. The lowest BCUT2D eigenvalue weighted by Gasteiger charge is -2.35. The van der Waals surface area contributed by atoms with Crippen LogP contribution in [0.1, 0.15) is 51.0 Å². The molecule has 180 valence electrons. The average Bonchev–Trinajstić information content (AvgIpc) is 3.67. The number of carbonyl (C=O) groups excluding carboxylic acids is 1. The Hall–Kier alpha value is -2.19. The fourth-order valence-corrected chi connectivity index (χ4v) is 4.63. The first-order valence-corrected chi connectivity index (χ1v) is 12.5. The maximum absolute atomic E-state index is 12.3. The van der Waals surface area contributed by atoms with Crippen LogP contribution < -0.4 is 21.2 Å². The molecular formula is C26H39N5O2. The number of rotatable bonds is 11. The van der Waals surface area contributed by atoms with Gasteiger partial charge in [0.15, 0.2) is 5.78 Å². The van der Waals surface area contributed by atoms with Crippen molar-refractivity contribution in [1.82, 2.24) is 20.7 Å². The molecule has 0 bridgehead atoms. The molecule has 2 aliphatic heterocycles. The Morgan fingerprint density at radius 3 is 2.67 bits per heavy atom. The van der Waals surface area contributed by atoms with Gasteiger partial charge in [0.05, 0.1) is 19.8 Å². The number of hydrazine groups is 1. The third-order valence-electron chi connectivity index (χ3n) is 6.97. The number of likely N-dealkylation sites (tertiary alicyclic amines) is 1. The summed E-state index contributed by atoms with van der Waals surface area (Å²) < 4.78 is 6.10. The smallest absolute Gasteiger partial charge is 0.151 e. The zero-order valence-electron chi connectivity index (χ0n) is 19.8. The number of piperidine rings is 1. The van der Waals surface area contributed by atoms with Gasteiger partial charge in [-0.15, -0.1) is 0 Å². The topological polar surface area (TPSA) is 92.5 Å². The third-order valence-corrected chi connectivity index (χ3v) is 6.97. The summed E-state index contributed by atoms with van der Waals surface area (Å²) >= 11 is 0. The first-order chi connectivity index (χ1) is 16.1. The summed E-state index contributed by atoms with van der Waals surface area (Å²) in [7, 11) is 0. The Balaban J connectivity index is 1.18. The molecule has 0 radical (unpaired) electrons. The van der Waals surface area contributed by atoms with Crippen LogP contribution >= 0.6 is 0 Å². The molecule has 4 N–H and O–H groups in total. The molecule has 0 saturated carbocycles. The molecule has 33 heavy (non-hydrogen) atoms. The van der Waals surface area contributed by atoms with Crippen molar-refractivity contribution >= 4 is 11.4 Å². The van der Waals surface area contributed by atoms with Gasteiger partial charge in [0, 0.05) is 19.0 Å². The van der Waals surface area contributed by atoms with E-state index in [9.17, 15) is 4.79 Å². The monoisotopic (exact) mass is 453 g/mol. The Morgan fingerprint density at radius 2 is 2.03 bits per heavy atom. The average molecular weight is 454 g/mol. The molecule has 2 saturated heterocycles. The second-order valence-corrected chi connectivity index (χ2v) is 9.42. The number of benzene rings is 1. The number of nitrogens with zero attached hydrogens (tertiary/aromatic N) is 2. The number of hydrogen-bond acceptors (Lipinski definition) is 7. The minimum absolute atomic E-state index is 0.113. The van der Waals surface area contributed by atoms with E-state index in [1.165, 1.54) is 11.1 Å². The van der Waals surface area contributed by atoms with Crippen molar-refractivity contribution in [2.24, 2.45) is 17.6 Å². The van der Waals surface area contributed by atoms with Gasteiger partial charge in [-0.05, 0) is 73.9 Å². The largest absolute Gasteiger partial charge is 0.493 e. The molecule has 7 nitrogen and oxygen atoms in total. The van der Waals surface area contributed by atoms with Crippen LogP contribution in [0.4, 0.5) is 0 Å². The standard InChI is InChI=1S/C26H39N5O2/c1-2-3-14-28-26(27)30-15-12-20(13-16-30)18-33-24-10-8-22(9-11-24)21-4-6-23(7-5-21)25(32)17-31-19-29-31/h3-4,8-11,14,20,23,26,28-29H,2,5-7,12-13,15-19,27H2,1H3/b14-3+. The van der Waals surface area contributed by atoms with Crippen molar-refractivity contribution in [1.29, 1.82) is 0 Å². The highest BCUT2D eigenvalue weighted by molar-refractivity contribution is 5.84. The summed E-state index contributed by atoms with van der Waals surface area (Å²) in [5.41, 5.74) is 11.9. The van der Waals surface area contributed by atoms with Gasteiger partial charge in [-0.3, -0.25) is 15.4 Å². The van der Waals surface area contributed by atoms with E-state index >= 15 is 0 Å². The number of ether oxygens (including phenoxy) is 1. The molecule has 3 aliphatic rings. The third kappa shape index (κ3) is 7.14. The molecule has 3 atom stereocenters. The molecule has 2 fully saturated rings. The molecule has 7 heteroatoms. The highest BCUT2D eigenvalue weighted by Gasteiger charge is 2.27. The Kier molecular flexibility index (Phi) is 8.56. The van der Waals surface area contributed by atoms with Gasteiger partial charge in [0.2, 0.25) is 0 Å². The van der Waals surface area contributed by atoms with E-state index in [1.54, 1.807) is 0 Å². The molecule has 1 aliphatic carbocycles. The summed E-state index contributed by atoms with van der Waals surface area (Å²) in [5, 5.41) is 5.20. The molecule has 1 aromatic carbocycles. The molecule has 0 spiro atoms. The maximum atomic E-state index is 12.3. The molecule has 3 unspecified atom stereocenters. The summed E-state index contributed by atoms with van der Waals surface area (Å²) in [6.45, 7) is 6.24. The van der Waals surface area contributed by atoms with E-state index in [-0.39, 0.29) is 12.2 Å². The van der Waals surface area contributed by atoms with Gasteiger partial charge in [-0.2, -0.15) is 0 Å². The van der Waals surface area contributed by atoms with Gasteiger partial charge in [-0.25, -0.2) is 10.4 Å². The highest BCUT2D eigenvalue weighted by atomic mass is 16.5. The lowest BCUT2D eigenvalue weighted by Crippen LogP contribution is -2.53.